The predicted octanol–water partition coefficient (Wildman–Crippen LogP) is 1.97. The lowest BCUT2D eigenvalue weighted by molar-refractivity contribution is -0.127. The highest BCUT2D eigenvalue weighted by molar-refractivity contribution is 5.78. The summed E-state index contributed by atoms with van der Waals surface area (Å²) in [7, 11) is 0. The van der Waals surface area contributed by atoms with Crippen LogP contribution in [0.1, 0.15) is 31.7 Å². The van der Waals surface area contributed by atoms with Gasteiger partial charge in [-0.2, -0.15) is 0 Å². The summed E-state index contributed by atoms with van der Waals surface area (Å²) in [5.74, 6) is 0.868. The van der Waals surface area contributed by atoms with Crippen LogP contribution in [0.5, 0.6) is 5.75 Å². The Morgan fingerprint density at radius 3 is 2.83 bits per heavy atom. The van der Waals surface area contributed by atoms with Crippen LogP contribution >= 0.6 is 0 Å². The standard InChI is InChI=1S/C19H30N2O3/c1-3-9-21-10-7-16(8-11-21)19(23)20-13-17(22)14-24-18-6-4-5-15(2)12-18/h4-6,12,16-17,22H,3,7-11,13-14H2,1-2H3,(H,20,23). The normalized spacial score (nSPS) is 17.5. The van der Waals surface area contributed by atoms with Gasteiger partial charge in [0.15, 0.2) is 0 Å². The first-order valence-electron chi connectivity index (χ1n) is 8.96. The van der Waals surface area contributed by atoms with E-state index in [0.29, 0.717) is 0 Å². The van der Waals surface area contributed by atoms with E-state index in [1.165, 1.54) is 0 Å². The van der Waals surface area contributed by atoms with Gasteiger partial charge in [0.2, 0.25) is 5.91 Å². The smallest absolute Gasteiger partial charge is 0.223 e. The maximum Gasteiger partial charge on any atom is 0.223 e. The molecule has 5 heteroatoms. The molecule has 1 aliphatic rings. The molecular weight excluding hydrogens is 304 g/mol. The molecule has 1 heterocycles. The lowest BCUT2D eigenvalue weighted by atomic mass is 9.96. The van der Waals surface area contributed by atoms with Gasteiger partial charge in [-0.1, -0.05) is 19.1 Å². The topological polar surface area (TPSA) is 61.8 Å². The van der Waals surface area contributed by atoms with Crippen molar-refractivity contribution < 1.29 is 14.6 Å². The van der Waals surface area contributed by atoms with Gasteiger partial charge in [-0.15, -0.1) is 0 Å². The maximum absolute atomic E-state index is 12.2. The zero-order valence-corrected chi connectivity index (χ0v) is 14.8. The number of nitrogens with zero attached hydrogens (tertiary/aromatic N) is 1. The predicted molar refractivity (Wildman–Crippen MR) is 95.1 cm³/mol. The number of hydrogen-bond donors (Lipinski definition) is 2. The second-order valence-corrected chi connectivity index (χ2v) is 6.64. The van der Waals surface area contributed by atoms with Crippen LogP contribution in [-0.2, 0) is 4.79 Å². The number of carbonyl (C=O) groups excluding carboxylic acids is 1. The van der Waals surface area contributed by atoms with Crippen molar-refractivity contribution >= 4 is 5.91 Å². The van der Waals surface area contributed by atoms with E-state index in [1.54, 1.807) is 0 Å². The molecule has 2 rings (SSSR count). The van der Waals surface area contributed by atoms with E-state index in [-0.39, 0.29) is 25.0 Å². The average molecular weight is 334 g/mol. The number of benzene rings is 1. The van der Waals surface area contributed by atoms with E-state index in [2.05, 4.69) is 17.1 Å². The third kappa shape index (κ3) is 6.13. The number of aliphatic hydroxyl groups excluding tert-OH is 1. The molecule has 5 nitrogen and oxygen atoms in total. The number of aliphatic hydroxyl groups is 1. The molecule has 0 saturated carbocycles. The lowest BCUT2D eigenvalue weighted by Crippen LogP contribution is -2.43. The minimum Gasteiger partial charge on any atom is -0.491 e. The van der Waals surface area contributed by atoms with Crippen molar-refractivity contribution in [3.8, 4) is 5.75 Å². The quantitative estimate of drug-likeness (QED) is 0.763. The molecule has 1 aliphatic heterocycles. The van der Waals surface area contributed by atoms with Gasteiger partial charge in [-0.3, -0.25) is 4.79 Å². The SMILES string of the molecule is CCCN1CCC(C(=O)NCC(O)COc2cccc(C)c2)CC1. The molecule has 0 radical (unpaired) electrons. The Hall–Kier alpha value is -1.59. The number of carbonyl (C=O) groups is 1. The first-order chi connectivity index (χ1) is 11.6. The van der Waals surface area contributed by atoms with E-state index in [9.17, 15) is 9.90 Å². The molecule has 1 amide bonds. The second kappa shape index (κ2) is 9.64. The molecule has 1 aromatic carbocycles. The molecule has 0 aliphatic carbocycles. The Kier molecular flexibility index (Phi) is 7.53. The Bertz CT molecular complexity index is 513. The number of amides is 1. The van der Waals surface area contributed by atoms with Crippen molar-refractivity contribution in [2.75, 3.05) is 32.8 Å². The Morgan fingerprint density at radius 1 is 1.42 bits per heavy atom. The zero-order chi connectivity index (χ0) is 17.4. The maximum atomic E-state index is 12.2. The highest BCUT2D eigenvalue weighted by Gasteiger charge is 2.24. The summed E-state index contributed by atoms with van der Waals surface area (Å²) in [5, 5.41) is 12.9. The first kappa shape index (κ1) is 18.7. The first-order valence-corrected chi connectivity index (χ1v) is 8.96. The second-order valence-electron chi connectivity index (χ2n) is 6.64. The van der Waals surface area contributed by atoms with Crippen molar-refractivity contribution in [1.29, 1.82) is 0 Å². The monoisotopic (exact) mass is 334 g/mol. The van der Waals surface area contributed by atoms with Crippen molar-refractivity contribution in [2.45, 2.75) is 39.2 Å². The van der Waals surface area contributed by atoms with Gasteiger partial charge in [-0.25, -0.2) is 0 Å². The molecule has 134 valence electrons. The highest BCUT2D eigenvalue weighted by atomic mass is 16.5. The fourth-order valence-electron chi connectivity index (χ4n) is 3.05. The van der Waals surface area contributed by atoms with Crippen molar-refractivity contribution in [1.82, 2.24) is 10.2 Å². The molecule has 0 aromatic heterocycles. The Morgan fingerprint density at radius 2 is 2.17 bits per heavy atom. The van der Waals surface area contributed by atoms with Crippen LogP contribution in [0.3, 0.4) is 0 Å². The van der Waals surface area contributed by atoms with E-state index in [0.717, 1.165) is 50.2 Å². The minimum atomic E-state index is -0.699. The van der Waals surface area contributed by atoms with Gasteiger partial charge in [0.05, 0.1) is 0 Å². The number of nitrogens with one attached hydrogen (secondary N) is 1. The van der Waals surface area contributed by atoms with Crippen LogP contribution < -0.4 is 10.1 Å². The third-order valence-electron chi connectivity index (χ3n) is 4.44. The number of piperidine rings is 1. The summed E-state index contributed by atoms with van der Waals surface area (Å²) in [5.41, 5.74) is 1.12. The zero-order valence-electron chi connectivity index (χ0n) is 14.8. The molecule has 0 spiro atoms. The van der Waals surface area contributed by atoms with Crippen molar-refractivity contribution in [3.05, 3.63) is 29.8 Å². The summed E-state index contributed by atoms with van der Waals surface area (Å²) in [4.78, 5) is 14.6. The molecule has 1 atom stereocenters. The fraction of sp³-hybridized carbons (Fsp3) is 0.632. The van der Waals surface area contributed by atoms with E-state index in [4.69, 9.17) is 4.74 Å². The molecule has 1 fully saturated rings. The minimum absolute atomic E-state index is 0.0563. The van der Waals surface area contributed by atoms with E-state index < -0.39 is 6.10 Å². The fourth-order valence-corrected chi connectivity index (χ4v) is 3.05. The summed E-state index contributed by atoms with van der Waals surface area (Å²) in [6, 6.07) is 7.71. The summed E-state index contributed by atoms with van der Waals surface area (Å²) in [6.45, 7) is 7.69. The highest BCUT2D eigenvalue weighted by Crippen LogP contribution is 2.17. The lowest BCUT2D eigenvalue weighted by Gasteiger charge is -2.31. The van der Waals surface area contributed by atoms with Gasteiger partial charge in [0, 0.05) is 12.5 Å². The van der Waals surface area contributed by atoms with Crippen LogP contribution in [0.4, 0.5) is 0 Å². The average Bonchev–Trinajstić information content (AvgIpc) is 2.59. The van der Waals surface area contributed by atoms with Crippen LogP contribution in [0.2, 0.25) is 0 Å². The van der Waals surface area contributed by atoms with E-state index >= 15 is 0 Å². The Balaban J connectivity index is 1.64. The molecular formula is C19H30N2O3. The summed E-state index contributed by atoms with van der Waals surface area (Å²) >= 11 is 0. The largest absolute Gasteiger partial charge is 0.491 e. The molecule has 1 aromatic rings. The van der Waals surface area contributed by atoms with Gasteiger partial charge in [-0.05, 0) is 63.5 Å². The van der Waals surface area contributed by atoms with Crippen LogP contribution in [-0.4, -0.2) is 54.8 Å². The van der Waals surface area contributed by atoms with Gasteiger partial charge in [0.1, 0.15) is 18.5 Å². The van der Waals surface area contributed by atoms with Crippen LogP contribution in [0, 0.1) is 12.8 Å². The molecule has 1 saturated heterocycles. The van der Waals surface area contributed by atoms with Gasteiger partial charge >= 0.3 is 0 Å². The molecule has 0 bridgehead atoms. The summed E-state index contributed by atoms with van der Waals surface area (Å²) in [6.07, 6.45) is 2.27. The van der Waals surface area contributed by atoms with Gasteiger partial charge < -0.3 is 20.1 Å². The van der Waals surface area contributed by atoms with Crippen molar-refractivity contribution in [3.63, 3.8) is 0 Å². The van der Waals surface area contributed by atoms with Crippen molar-refractivity contribution in [2.24, 2.45) is 5.92 Å². The number of aryl methyl sites for hydroxylation is 1. The third-order valence-corrected chi connectivity index (χ3v) is 4.44. The van der Waals surface area contributed by atoms with Crippen LogP contribution in [0.15, 0.2) is 24.3 Å². The molecule has 1 unspecified atom stereocenters. The molecule has 24 heavy (non-hydrogen) atoms. The number of ether oxygens (including phenoxy) is 1. The number of hydrogen-bond acceptors (Lipinski definition) is 4. The Labute approximate surface area is 145 Å². The van der Waals surface area contributed by atoms with E-state index in [1.807, 2.05) is 31.2 Å². The summed E-state index contributed by atoms with van der Waals surface area (Å²) < 4.78 is 5.56. The number of likely N-dealkylation sites (tertiary alicyclic amines) is 1. The molecule has 2 N–H and O–H groups in total. The number of rotatable bonds is 8. The van der Waals surface area contributed by atoms with Crippen LogP contribution in [0.25, 0.3) is 0 Å². The van der Waals surface area contributed by atoms with Gasteiger partial charge in [0.25, 0.3) is 0 Å².